The van der Waals surface area contributed by atoms with Crippen LogP contribution in [0.3, 0.4) is 0 Å². The van der Waals surface area contributed by atoms with Crippen molar-refractivity contribution in [2.75, 3.05) is 19.4 Å². The first-order chi connectivity index (χ1) is 18.7. The highest BCUT2D eigenvalue weighted by molar-refractivity contribution is 6.35. The molecule has 10 heteroatoms. The van der Waals surface area contributed by atoms with Gasteiger partial charge in [0.2, 0.25) is 0 Å². The van der Waals surface area contributed by atoms with Crippen molar-refractivity contribution in [2.45, 2.75) is 25.9 Å². The average Bonchev–Trinajstić information content (AvgIpc) is 3.65. The zero-order chi connectivity index (χ0) is 27.4. The van der Waals surface area contributed by atoms with Crippen LogP contribution >= 0.6 is 11.6 Å². The van der Waals surface area contributed by atoms with Gasteiger partial charge in [-0.05, 0) is 38.1 Å². The molecule has 4 heterocycles. The molecule has 1 unspecified atom stereocenters. The predicted octanol–water partition coefficient (Wildman–Crippen LogP) is 4.74. The maximum Gasteiger partial charge on any atom is 0.255 e. The number of fused-ring (bicyclic) bond motifs is 4. The van der Waals surface area contributed by atoms with E-state index in [2.05, 4.69) is 40.9 Å². The third-order valence-corrected chi connectivity index (χ3v) is 7.38. The normalized spacial score (nSPS) is 14.4. The number of anilines is 1. The Hall–Kier alpha value is -4.55. The first-order valence-corrected chi connectivity index (χ1v) is 12.9. The zero-order valence-corrected chi connectivity index (χ0v) is 22.7. The molecule has 196 valence electrons. The molecule has 9 nitrogen and oxygen atoms in total. The number of nitrogens with two attached hydrogens (primary N) is 1. The second-order valence-corrected chi connectivity index (χ2v) is 10.3. The Morgan fingerprint density at radius 2 is 1.95 bits per heavy atom. The van der Waals surface area contributed by atoms with Crippen molar-refractivity contribution in [3.8, 4) is 17.6 Å². The first kappa shape index (κ1) is 24.8. The van der Waals surface area contributed by atoms with Gasteiger partial charge in [-0.25, -0.2) is 4.98 Å². The molecule has 0 aliphatic carbocycles. The molecule has 0 bridgehead atoms. The van der Waals surface area contributed by atoms with Crippen molar-refractivity contribution in [3.63, 3.8) is 0 Å². The maximum absolute atomic E-state index is 13.7. The van der Waals surface area contributed by atoms with Crippen molar-refractivity contribution >= 4 is 45.1 Å². The highest BCUT2D eigenvalue weighted by atomic mass is 35.5. The lowest BCUT2D eigenvalue weighted by Gasteiger charge is -2.24. The summed E-state index contributed by atoms with van der Waals surface area (Å²) < 4.78 is 9.57. The Kier molecular flexibility index (Phi) is 5.92. The minimum atomic E-state index is -0.271. The number of halogens is 1. The molecule has 0 radical (unpaired) electrons. The Bertz CT molecular complexity index is 1840. The van der Waals surface area contributed by atoms with E-state index in [1.54, 1.807) is 41.2 Å². The van der Waals surface area contributed by atoms with E-state index in [-0.39, 0.29) is 18.0 Å². The van der Waals surface area contributed by atoms with E-state index in [0.717, 1.165) is 33.0 Å². The van der Waals surface area contributed by atoms with Crippen molar-refractivity contribution in [1.29, 1.82) is 0 Å². The van der Waals surface area contributed by atoms with E-state index in [1.807, 2.05) is 36.1 Å². The van der Waals surface area contributed by atoms with E-state index in [4.69, 9.17) is 22.1 Å². The van der Waals surface area contributed by atoms with Gasteiger partial charge in [0, 0.05) is 42.8 Å². The standard InChI is InChI=1S/C29H26ClN7O2/c1-16(2)37-14-18(12-33-37)6-5-17-7-8-19-25(15-39-26(19)9-17)35(3)29(38)20-10-21-24(11-23(20)30)34-28(31)22-13-32-36(4)27(21)22/h7-14,16,25H,15H2,1-4H3,(H2,31,34). The van der Waals surface area contributed by atoms with E-state index in [9.17, 15) is 4.79 Å². The number of hydrogen-bond donors (Lipinski definition) is 1. The van der Waals surface area contributed by atoms with Crippen LogP contribution in [0.5, 0.6) is 5.75 Å². The number of hydrogen-bond acceptors (Lipinski definition) is 6. The number of carbonyl (C=O) groups is 1. The smallest absolute Gasteiger partial charge is 0.255 e. The second kappa shape index (κ2) is 9.33. The zero-order valence-electron chi connectivity index (χ0n) is 21.9. The number of ether oxygens (including phenoxy) is 1. The van der Waals surface area contributed by atoms with Crippen molar-refractivity contribution in [3.05, 3.63) is 76.2 Å². The Labute approximate surface area is 230 Å². The molecule has 1 amide bonds. The van der Waals surface area contributed by atoms with Gasteiger partial charge >= 0.3 is 0 Å². The summed E-state index contributed by atoms with van der Waals surface area (Å²) >= 11 is 6.59. The predicted molar refractivity (Wildman–Crippen MR) is 151 cm³/mol. The number of aromatic nitrogens is 5. The van der Waals surface area contributed by atoms with Gasteiger partial charge in [-0.15, -0.1) is 0 Å². The summed E-state index contributed by atoms with van der Waals surface area (Å²) in [6.45, 7) is 4.48. The van der Waals surface area contributed by atoms with Crippen LogP contribution in [0.25, 0.3) is 21.8 Å². The second-order valence-electron chi connectivity index (χ2n) is 9.92. The van der Waals surface area contributed by atoms with E-state index in [1.165, 1.54) is 0 Å². The number of aryl methyl sites for hydroxylation is 1. The molecule has 1 aliphatic rings. The molecule has 0 saturated heterocycles. The number of benzene rings is 2. The summed E-state index contributed by atoms with van der Waals surface area (Å²) in [7, 11) is 3.58. The number of rotatable bonds is 3. The number of nitrogen functional groups attached to an aromatic ring is 1. The van der Waals surface area contributed by atoms with Crippen LogP contribution in [0.2, 0.25) is 5.02 Å². The number of carbonyl (C=O) groups excluding carboxylic acids is 1. The molecule has 1 aliphatic heterocycles. The van der Waals surface area contributed by atoms with Gasteiger partial charge in [0.1, 0.15) is 18.2 Å². The molecule has 0 spiro atoms. The summed E-state index contributed by atoms with van der Waals surface area (Å²) in [5.74, 6) is 7.19. The molecule has 5 aromatic rings. The summed E-state index contributed by atoms with van der Waals surface area (Å²) in [4.78, 5) is 19.8. The fourth-order valence-corrected chi connectivity index (χ4v) is 5.13. The highest BCUT2D eigenvalue weighted by Gasteiger charge is 2.32. The number of amides is 1. The van der Waals surface area contributed by atoms with Crippen molar-refractivity contribution in [2.24, 2.45) is 7.05 Å². The highest BCUT2D eigenvalue weighted by Crippen LogP contribution is 2.38. The Balaban J connectivity index is 1.28. The molecule has 39 heavy (non-hydrogen) atoms. The monoisotopic (exact) mass is 539 g/mol. The van der Waals surface area contributed by atoms with Crippen molar-refractivity contribution < 1.29 is 9.53 Å². The fourth-order valence-electron chi connectivity index (χ4n) is 4.90. The van der Waals surface area contributed by atoms with Gasteiger partial charge in [-0.3, -0.25) is 14.2 Å². The van der Waals surface area contributed by atoms with E-state index >= 15 is 0 Å². The topological polar surface area (TPSA) is 104 Å². The molecule has 1 atom stereocenters. The van der Waals surface area contributed by atoms with Crippen LogP contribution in [0.1, 0.15) is 53.0 Å². The van der Waals surface area contributed by atoms with Crippen LogP contribution in [0.15, 0.2) is 48.9 Å². The Morgan fingerprint density at radius 3 is 2.72 bits per heavy atom. The Morgan fingerprint density at radius 1 is 1.15 bits per heavy atom. The minimum absolute atomic E-state index is 0.221. The summed E-state index contributed by atoms with van der Waals surface area (Å²) in [5.41, 5.74) is 10.5. The van der Waals surface area contributed by atoms with Gasteiger partial charge < -0.3 is 15.4 Å². The first-order valence-electron chi connectivity index (χ1n) is 12.5. The summed E-state index contributed by atoms with van der Waals surface area (Å²) in [6.07, 6.45) is 5.36. The molecule has 0 fully saturated rings. The molecule has 2 N–H and O–H groups in total. The SMILES string of the molecule is CC(C)n1cc(C#Cc2ccc3c(c2)OCC3N(C)C(=O)c2cc3c(cc2Cl)nc(N)c2cnn(C)c23)cn1. The quantitative estimate of drug-likeness (QED) is 0.332. The van der Waals surface area contributed by atoms with Gasteiger partial charge in [0.15, 0.2) is 0 Å². The molecule has 6 rings (SSSR count). The van der Waals surface area contributed by atoms with Crippen LogP contribution in [-0.2, 0) is 7.05 Å². The molecular weight excluding hydrogens is 514 g/mol. The van der Waals surface area contributed by atoms with Crippen LogP contribution in [0.4, 0.5) is 5.82 Å². The van der Waals surface area contributed by atoms with Crippen molar-refractivity contribution in [1.82, 2.24) is 29.4 Å². The number of likely N-dealkylation sites (N-methyl/N-ethyl adjacent to an activating group) is 1. The molecule has 0 saturated carbocycles. The molecule has 2 aromatic carbocycles. The van der Waals surface area contributed by atoms with E-state index in [0.29, 0.717) is 34.3 Å². The number of pyridine rings is 1. The third-order valence-electron chi connectivity index (χ3n) is 7.07. The largest absolute Gasteiger partial charge is 0.491 e. The lowest BCUT2D eigenvalue weighted by atomic mass is 10.0. The van der Waals surface area contributed by atoms with Crippen LogP contribution in [0, 0.1) is 11.8 Å². The van der Waals surface area contributed by atoms with Gasteiger partial charge in [0.25, 0.3) is 5.91 Å². The molecular formula is C29H26ClN7O2. The lowest BCUT2D eigenvalue weighted by molar-refractivity contribution is 0.0709. The van der Waals surface area contributed by atoms with Crippen LogP contribution in [-0.4, -0.2) is 49.0 Å². The molecule has 3 aromatic heterocycles. The minimum Gasteiger partial charge on any atom is -0.491 e. The number of nitrogens with zero attached hydrogens (tertiary/aromatic N) is 6. The lowest BCUT2D eigenvalue weighted by Crippen LogP contribution is -2.32. The maximum atomic E-state index is 13.7. The van der Waals surface area contributed by atoms with Gasteiger partial charge in [-0.2, -0.15) is 10.2 Å². The fraction of sp³-hybridized carbons (Fsp3) is 0.241. The van der Waals surface area contributed by atoms with Crippen LogP contribution < -0.4 is 10.5 Å². The summed E-state index contributed by atoms with van der Waals surface area (Å²) in [5, 5.41) is 10.4. The summed E-state index contributed by atoms with van der Waals surface area (Å²) in [6, 6.07) is 9.27. The van der Waals surface area contributed by atoms with E-state index < -0.39 is 0 Å². The van der Waals surface area contributed by atoms with Gasteiger partial charge in [-0.1, -0.05) is 29.5 Å². The van der Waals surface area contributed by atoms with Gasteiger partial charge in [0.05, 0.1) is 51.0 Å². The average molecular weight is 540 g/mol. The third kappa shape index (κ3) is 4.23.